The molecule has 0 radical (unpaired) electrons. The first-order valence-corrected chi connectivity index (χ1v) is 9.05. The van der Waals surface area contributed by atoms with E-state index in [1.54, 1.807) is 0 Å². The van der Waals surface area contributed by atoms with E-state index in [4.69, 9.17) is 0 Å². The highest BCUT2D eigenvalue weighted by molar-refractivity contribution is 14.1. The van der Waals surface area contributed by atoms with Crippen molar-refractivity contribution in [1.82, 2.24) is 4.90 Å². The van der Waals surface area contributed by atoms with Crippen molar-refractivity contribution in [2.24, 2.45) is 11.8 Å². The van der Waals surface area contributed by atoms with Crippen LogP contribution in [0.15, 0.2) is 24.3 Å². The van der Waals surface area contributed by atoms with E-state index in [2.05, 4.69) is 27.9 Å². The van der Waals surface area contributed by atoms with Gasteiger partial charge in [0.1, 0.15) is 0 Å². The predicted molar refractivity (Wildman–Crippen MR) is 94.6 cm³/mol. The average Bonchev–Trinajstić information content (AvgIpc) is 2.80. The van der Waals surface area contributed by atoms with Crippen LogP contribution in [0.1, 0.15) is 32.1 Å². The molecule has 1 aromatic carbocycles. The Morgan fingerprint density at radius 2 is 1.74 bits per heavy atom. The maximum atomic E-state index is 12.3. The van der Waals surface area contributed by atoms with Gasteiger partial charge in [0.2, 0.25) is 17.7 Å². The van der Waals surface area contributed by atoms with Crippen LogP contribution >= 0.6 is 22.6 Å². The zero-order chi connectivity index (χ0) is 16.4. The molecule has 122 valence electrons. The van der Waals surface area contributed by atoms with Gasteiger partial charge in [0.05, 0.1) is 17.5 Å². The van der Waals surface area contributed by atoms with Gasteiger partial charge in [-0.25, -0.2) is 0 Å². The Kier molecular flexibility index (Phi) is 4.99. The number of hydrogen-bond donors (Lipinski definition) is 1. The average molecular weight is 426 g/mol. The lowest BCUT2D eigenvalue weighted by molar-refractivity contribution is -0.140. The molecule has 0 aromatic heterocycles. The Morgan fingerprint density at radius 3 is 2.35 bits per heavy atom. The largest absolute Gasteiger partial charge is 0.325 e. The van der Waals surface area contributed by atoms with E-state index in [-0.39, 0.29) is 42.5 Å². The molecule has 2 atom stereocenters. The van der Waals surface area contributed by atoms with Crippen molar-refractivity contribution >= 4 is 46.0 Å². The fourth-order valence-corrected chi connectivity index (χ4v) is 3.96. The maximum Gasteiger partial charge on any atom is 0.233 e. The van der Waals surface area contributed by atoms with Crippen LogP contribution < -0.4 is 5.32 Å². The number of amides is 3. The smallest absolute Gasteiger partial charge is 0.233 e. The standard InChI is InChI=1S/C17H19IN2O3/c18-13-7-3-4-8-14(13)19-15(21)9-10-20-16(22)11-5-1-2-6-12(11)17(20)23/h3-4,7-8,11-12H,1-2,5-6,9-10H2,(H,19,21). The SMILES string of the molecule is O=C(CCN1C(=O)C2CCCCC2C1=O)Nc1ccccc1I. The number of carbonyl (C=O) groups excluding carboxylic acids is 3. The van der Waals surface area contributed by atoms with Crippen molar-refractivity contribution in [3.05, 3.63) is 27.8 Å². The molecule has 6 heteroatoms. The molecule has 2 fully saturated rings. The first-order valence-electron chi connectivity index (χ1n) is 7.97. The van der Waals surface area contributed by atoms with Crippen molar-refractivity contribution in [1.29, 1.82) is 0 Å². The number of anilines is 1. The van der Waals surface area contributed by atoms with E-state index < -0.39 is 0 Å². The number of nitrogens with one attached hydrogen (secondary N) is 1. The van der Waals surface area contributed by atoms with Crippen molar-refractivity contribution in [3.8, 4) is 0 Å². The van der Waals surface area contributed by atoms with Gasteiger partial charge in [-0.05, 0) is 47.6 Å². The van der Waals surface area contributed by atoms with Crippen LogP contribution in [0.4, 0.5) is 5.69 Å². The van der Waals surface area contributed by atoms with Gasteiger partial charge in [-0.3, -0.25) is 19.3 Å². The van der Waals surface area contributed by atoms with Gasteiger partial charge in [-0.15, -0.1) is 0 Å². The topological polar surface area (TPSA) is 66.5 Å². The lowest BCUT2D eigenvalue weighted by Crippen LogP contribution is -2.34. The van der Waals surface area contributed by atoms with Crippen LogP contribution in [-0.4, -0.2) is 29.2 Å². The molecular formula is C17H19IN2O3. The van der Waals surface area contributed by atoms with Crippen LogP contribution in [0.5, 0.6) is 0 Å². The Bertz CT molecular complexity index is 622. The van der Waals surface area contributed by atoms with Crippen molar-refractivity contribution in [2.45, 2.75) is 32.1 Å². The molecule has 1 saturated heterocycles. The lowest BCUT2D eigenvalue weighted by Gasteiger charge is -2.19. The lowest BCUT2D eigenvalue weighted by atomic mass is 9.81. The molecular weight excluding hydrogens is 407 g/mol. The van der Waals surface area contributed by atoms with Gasteiger partial charge in [-0.2, -0.15) is 0 Å². The minimum Gasteiger partial charge on any atom is -0.325 e. The number of hydrogen-bond acceptors (Lipinski definition) is 3. The number of benzene rings is 1. The van der Waals surface area contributed by atoms with Crippen molar-refractivity contribution in [3.63, 3.8) is 0 Å². The van der Waals surface area contributed by atoms with E-state index in [1.165, 1.54) is 4.90 Å². The summed E-state index contributed by atoms with van der Waals surface area (Å²) in [4.78, 5) is 38.1. The molecule has 3 rings (SSSR count). The molecule has 2 unspecified atom stereocenters. The Balaban J connectivity index is 1.58. The molecule has 1 aliphatic carbocycles. The van der Waals surface area contributed by atoms with Gasteiger partial charge in [-0.1, -0.05) is 25.0 Å². The number of nitrogens with zero attached hydrogens (tertiary/aromatic N) is 1. The highest BCUT2D eigenvalue weighted by Gasteiger charge is 2.47. The summed E-state index contributed by atoms with van der Waals surface area (Å²) < 4.78 is 0.956. The molecule has 2 aliphatic rings. The van der Waals surface area contributed by atoms with E-state index >= 15 is 0 Å². The first kappa shape index (κ1) is 16.4. The van der Waals surface area contributed by atoms with Gasteiger partial charge in [0, 0.05) is 16.5 Å². The van der Waals surface area contributed by atoms with Gasteiger partial charge in [0.25, 0.3) is 0 Å². The van der Waals surface area contributed by atoms with E-state index in [1.807, 2.05) is 24.3 Å². The van der Waals surface area contributed by atoms with Crippen LogP contribution in [0, 0.1) is 15.4 Å². The van der Waals surface area contributed by atoms with Crippen LogP contribution in [0.25, 0.3) is 0 Å². The Morgan fingerprint density at radius 1 is 1.13 bits per heavy atom. The van der Waals surface area contributed by atoms with Gasteiger partial charge >= 0.3 is 0 Å². The van der Waals surface area contributed by atoms with Crippen LogP contribution in [0.3, 0.4) is 0 Å². The predicted octanol–water partition coefficient (Wildman–Crippen LogP) is 2.80. The minimum atomic E-state index is -0.176. The number of likely N-dealkylation sites (tertiary alicyclic amines) is 1. The third-order valence-electron chi connectivity index (χ3n) is 4.64. The third kappa shape index (κ3) is 3.41. The first-order chi connectivity index (χ1) is 11.1. The van der Waals surface area contributed by atoms with Crippen molar-refractivity contribution < 1.29 is 14.4 Å². The Labute approximate surface area is 148 Å². The summed E-state index contributed by atoms with van der Waals surface area (Å²) in [5.41, 5.74) is 0.755. The van der Waals surface area contributed by atoms with Gasteiger partial charge < -0.3 is 5.32 Å². The third-order valence-corrected chi connectivity index (χ3v) is 5.58. The maximum absolute atomic E-state index is 12.3. The number of rotatable bonds is 4. The van der Waals surface area contributed by atoms with E-state index in [9.17, 15) is 14.4 Å². The molecule has 1 aliphatic heterocycles. The molecule has 1 N–H and O–H groups in total. The van der Waals surface area contributed by atoms with Gasteiger partial charge in [0.15, 0.2) is 0 Å². The number of carbonyl (C=O) groups is 3. The second-order valence-corrected chi connectivity index (χ2v) is 7.27. The molecule has 5 nitrogen and oxygen atoms in total. The van der Waals surface area contributed by atoms with Crippen LogP contribution in [-0.2, 0) is 14.4 Å². The normalized spacial score (nSPS) is 23.8. The Hall–Kier alpha value is -1.44. The summed E-state index contributed by atoms with van der Waals surface area (Å²) in [6, 6.07) is 7.51. The highest BCUT2D eigenvalue weighted by Crippen LogP contribution is 2.37. The summed E-state index contributed by atoms with van der Waals surface area (Å²) in [7, 11) is 0. The molecule has 1 aromatic rings. The number of para-hydroxylation sites is 1. The fourth-order valence-electron chi connectivity index (χ4n) is 3.44. The molecule has 0 spiro atoms. The van der Waals surface area contributed by atoms with Crippen molar-refractivity contribution in [2.75, 3.05) is 11.9 Å². The molecule has 23 heavy (non-hydrogen) atoms. The second-order valence-electron chi connectivity index (χ2n) is 6.10. The highest BCUT2D eigenvalue weighted by atomic mass is 127. The summed E-state index contributed by atoms with van der Waals surface area (Å²) in [6.45, 7) is 0.180. The van der Waals surface area contributed by atoms with E-state index in [0.717, 1.165) is 34.9 Å². The molecule has 1 heterocycles. The quantitative estimate of drug-likeness (QED) is 0.595. The molecule has 3 amide bonds. The number of imide groups is 1. The fraction of sp³-hybridized carbons (Fsp3) is 0.471. The number of halogens is 1. The van der Waals surface area contributed by atoms with E-state index in [0.29, 0.717) is 0 Å². The summed E-state index contributed by atoms with van der Waals surface area (Å²) in [6.07, 6.45) is 3.78. The molecule has 0 bridgehead atoms. The minimum absolute atomic E-state index is 0.0817. The molecule has 1 saturated carbocycles. The zero-order valence-electron chi connectivity index (χ0n) is 12.8. The monoisotopic (exact) mass is 426 g/mol. The summed E-state index contributed by atoms with van der Waals surface area (Å²) in [5, 5.41) is 2.83. The van der Waals surface area contributed by atoms with Crippen LogP contribution in [0.2, 0.25) is 0 Å². The number of fused-ring (bicyclic) bond motifs is 1. The summed E-state index contributed by atoms with van der Waals surface area (Å²) >= 11 is 2.16. The summed E-state index contributed by atoms with van der Waals surface area (Å²) in [5.74, 6) is -0.628. The zero-order valence-corrected chi connectivity index (χ0v) is 14.9. The second kappa shape index (κ2) is 6.98.